The fourth-order valence-electron chi connectivity index (χ4n) is 3.27. The van der Waals surface area contributed by atoms with Gasteiger partial charge in [-0.25, -0.2) is 0 Å². The van der Waals surface area contributed by atoms with Crippen LogP contribution in [0, 0.1) is 24.2 Å². The summed E-state index contributed by atoms with van der Waals surface area (Å²) in [6, 6.07) is 0. The molecule has 0 spiro atoms. The van der Waals surface area contributed by atoms with Gasteiger partial charge < -0.3 is 4.52 Å². The molecule has 5 heteroatoms. The molecule has 1 aromatic heterocycles. The van der Waals surface area contributed by atoms with E-state index in [4.69, 9.17) is 10.9 Å². The third-order valence-corrected chi connectivity index (χ3v) is 4.13. The van der Waals surface area contributed by atoms with E-state index < -0.39 is 0 Å². The van der Waals surface area contributed by atoms with Gasteiger partial charge in [-0.3, -0.25) is 9.80 Å². The van der Waals surface area contributed by atoms with Crippen molar-refractivity contribution in [3.05, 3.63) is 11.7 Å². The van der Waals surface area contributed by atoms with E-state index in [1.807, 2.05) is 6.92 Å². The Bertz CT molecular complexity index is 464. The SMILES string of the molecule is C#CCN1CC2CN(Cc3noc(CC)n3)CC2C1. The molecule has 1 aromatic rings. The highest BCUT2D eigenvalue weighted by Gasteiger charge is 2.39. The number of aromatic nitrogens is 2. The Labute approximate surface area is 114 Å². The van der Waals surface area contributed by atoms with Gasteiger partial charge in [-0.05, 0) is 11.8 Å². The molecule has 2 aliphatic heterocycles. The van der Waals surface area contributed by atoms with Crippen LogP contribution in [0.3, 0.4) is 0 Å². The molecule has 2 aliphatic rings. The second kappa shape index (κ2) is 5.32. The summed E-state index contributed by atoms with van der Waals surface area (Å²) in [4.78, 5) is 9.20. The van der Waals surface area contributed by atoms with E-state index in [2.05, 4.69) is 25.9 Å². The average molecular weight is 260 g/mol. The van der Waals surface area contributed by atoms with E-state index in [1.54, 1.807) is 0 Å². The third kappa shape index (κ3) is 2.65. The number of rotatable bonds is 4. The molecular formula is C14H20N4O. The largest absolute Gasteiger partial charge is 0.339 e. The van der Waals surface area contributed by atoms with Gasteiger partial charge in [-0.15, -0.1) is 6.42 Å². The van der Waals surface area contributed by atoms with Gasteiger partial charge in [0.1, 0.15) is 0 Å². The van der Waals surface area contributed by atoms with Crippen LogP contribution in [0.15, 0.2) is 4.52 Å². The van der Waals surface area contributed by atoms with E-state index in [1.165, 1.54) is 0 Å². The Balaban J connectivity index is 1.53. The van der Waals surface area contributed by atoms with Crippen LogP contribution in [0.2, 0.25) is 0 Å². The average Bonchev–Trinajstić information content (AvgIpc) is 3.04. The van der Waals surface area contributed by atoms with Crippen molar-refractivity contribution in [2.75, 3.05) is 32.7 Å². The van der Waals surface area contributed by atoms with Gasteiger partial charge in [-0.1, -0.05) is 18.0 Å². The molecule has 5 nitrogen and oxygen atoms in total. The summed E-state index contributed by atoms with van der Waals surface area (Å²) in [5, 5.41) is 4.02. The van der Waals surface area contributed by atoms with Crippen LogP contribution in [0.1, 0.15) is 18.6 Å². The molecule has 2 saturated heterocycles. The van der Waals surface area contributed by atoms with Gasteiger partial charge in [0, 0.05) is 32.6 Å². The first kappa shape index (κ1) is 12.6. The lowest BCUT2D eigenvalue weighted by Gasteiger charge is -2.18. The smallest absolute Gasteiger partial charge is 0.226 e. The molecule has 3 rings (SSSR count). The van der Waals surface area contributed by atoms with E-state index in [-0.39, 0.29) is 0 Å². The lowest BCUT2D eigenvalue weighted by molar-refractivity contribution is 0.255. The molecular weight excluding hydrogens is 240 g/mol. The van der Waals surface area contributed by atoms with Crippen LogP contribution in [0.5, 0.6) is 0 Å². The lowest BCUT2D eigenvalue weighted by Crippen LogP contribution is -2.29. The van der Waals surface area contributed by atoms with E-state index in [9.17, 15) is 0 Å². The standard InChI is InChI=1S/C14H20N4O/c1-3-5-17-6-11-8-18(9-12(11)7-17)10-13-15-14(4-2)19-16-13/h1,11-12H,4-10H2,2H3. The molecule has 2 atom stereocenters. The minimum Gasteiger partial charge on any atom is -0.339 e. The van der Waals surface area contributed by atoms with Crippen LogP contribution >= 0.6 is 0 Å². The molecule has 0 radical (unpaired) electrons. The molecule has 2 unspecified atom stereocenters. The quantitative estimate of drug-likeness (QED) is 0.743. The topological polar surface area (TPSA) is 45.4 Å². The number of terminal acetylenes is 1. The zero-order valence-corrected chi connectivity index (χ0v) is 11.4. The first-order chi connectivity index (χ1) is 9.28. The second-order valence-corrected chi connectivity index (χ2v) is 5.57. The van der Waals surface area contributed by atoms with Gasteiger partial charge in [0.25, 0.3) is 0 Å². The molecule has 102 valence electrons. The molecule has 2 fully saturated rings. The Morgan fingerprint density at radius 3 is 2.53 bits per heavy atom. The fourth-order valence-corrected chi connectivity index (χ4v) is 3.27. The first-order valence-corrected chi connectivity index (χ1v) is 6.98. The molecule has 0 aromatic carbocycles. The minimum absolute atomic E-state index is 0.731. The Kier molecular flexibility index (Phi) is 3.54. The number of hydrogen-bond donors (Lipinski definition) is 0. The van der Waals surface area contributed by atoms with E-state index in [0.717, 1.165) is 69.2 Å². The normalized spacial score (nSPS) is 27.6. The molecule has 19 heavy (non-hydrogen) atoms. The maximum atomic E-state index is 5.37. The van der Waals surface area contributed by atoms with Crippen molar-refractivity contribution in [1.29, 1.82) is 0 Å². The fraction of sp³-hybridized carbons (Fsp3) is 0.714. The molecule has 0 bridgehead atoms. The van der Waals surface area contributed by atoms with Crippen molar-refractivity contribution >= 4 is 0 Å². The predicted molar refractivity (Wildman–Crippen MR) is 71.2 cm³/mol. The van der Waals surface area contributed by atoms with Crippen molar-refractivity contribution in [1.82, 2.24) is 19.9 Å². The van der Waals surface area contributed by atoms with Crippen LogP contribution in [0.25, 0.3) is 0 Å². The maximum Gasteiger partial charge on any atom is 0.226 e. The molecule has 3 heterocycles. The number of hydrogen-bond acceptors (Lipinski definition) is 5. The van der Waals surface area contributed by atoms with Crippen molar-refractivity contribution < 1.29 is 4.52 Å². The van der Waals surface area contributed by atoms with Crippen LogP contribution in [0.4, 0.5) is 0 Å². The molecule has 0 N–H and O–H groups in total. The number of likely N-dealkylation sites (tertiary alicyclic amines) is 2. The summed E-state index contributed by atoms with van der Waals surface area (Å²) >= 11 is 0. The summed E-state index contributed by atoms with van der Waals surface area (Å²) in [7, 11) is 0. The van der Waals surface area contributed by atoms with Crippen LogP contribution < -0.4 is 0 Å². The van der Waals surface area contributed by atoms with Crippen LogP contribution in [-0.2, 0) is 13.0 Å². The van der Waals surface area contributed by atoms with Gasteiger partial charge in [0.05, 0.1) is 13.1 Å². The highest BCUT2D eigenvalue weighted by Crippen LogP contribution is 2.31. The van der Waals surface area contributed by atoms with Crippen molar-refractivity contribution in [3.8, 4) is 12.3 Å². The van der Waals surface area contributed by atoms with Gasteiger partial charge in [0.15, 0.2) is 5.82 Å². The van der Waals surface area contributed by atoms with Gasteiger partial charge in [0.2, 0.25) is 5.89 Å². The number of nitrogens with zero attached hydrogens (tertiary/aromatic N) is 4. The minimum atomic E-state index is 0.731. The summed E-state index contributed by atoms with van der Waals surface area (Å²) in [6.07, 6.45) is 6.18. The monoisotopic (exact) mass is 260 g/mol. The van der Waals surface area contributed by atoms with Gasteiger partial charge in [-0.2, -0.15) is 4.98 Å². The maximum absolute atomic E-state index is 5.37. The van der Waals surface area contributed by atoms with Crippen molar-refractivity contribution in [2.45, 2.75) is 19.9 Å². The van der Waals surface area contributed by atoms with Gasteiger partial charge >= 0.3 is 0 Å². The predicted octanol–water partition coefficient (Wildman–Crippen LogP) is 0.629. The highest BCUT2D eigenvalue weighted by molar-refractivity contribution is 4.98. The summed E-state index contributed by atoms with van der Waals surface area (Å²) in [5.41, 5.74) is 0. The second-order valence-electron chi connectivity index (χ2n) is 5.57. The zero-order valence-electron chi connectivity index (χ0n) is 11.4. The van der Waals surface area contributed by atoms with E-state index in [0.29, 0.717) is 0 Å². The molecule has 0 saturated carbocycles. The summed E-state index contributed by atoms with van der Waals surface area (Å²) in [5.74, 6) is 5.80. The molecule has 0 amide bonds. The van der Waals surface area contributed by atoms with Crippen LogP contribution in [-0.4, -0.2) is 52.7 Å². The lowest BCUT2D eigenvalue weighted by atomic mass is 10.0. The number of aryl methyl sites for hydroxylation is 1. The number of fused-ring (bicyclic) bond motifs is 1. The summed E-state index contributed by atoms with van der Waals surface area (Å²) in [6.45, 7) is 8.15. The Hall–Kier alpha value is -1.38. The zero-order chi connectivity index (χ0) is 13.2. The Morgan fingerprint density at radius 2 is 1.95 bits per heavy atom. The van der Waals surface area contributed by atoms with E-state index >= 15 is 0 Å². The summed E-state index contributed by atoms with van der Waals surface area (Å²) < 4.78 is 5.15. The van der Waals surface area contributed by atoms with Crippen molar-refractivity contribution in [2.24, 2.45) is 11.8 Å². The highest BCUT2D eigenvalue weighted by atomic mass is 16.5. The molecule has 0 aliphatic carbocycles. The Morgan fingerprint density at radius 1 is 1.26 bits per heavy atom. The third-order valence-electron chi connectivity index (χ3n) is 4.13. The first-order valence-electron chi connectivity index (χ1n) is 6.98. The van der Waals surface area contributed by atoms with Crippen molar-refractivity contribution in [3.63, 3.8) is 0 Å².